The predicted octanol–water partition coefficient (Wildman–Crippen LogP) is 6.62. The maximum Gasteiger partial charge on any atom is 0.127 e. The quantitative estimate of drug-likeness (QED) is 0.515. The third-order valence-electron chi connectivity index (χ3n) is 4.30. The van der Waals surface area contributed by atoms with Gasteiger partial charge in [0.1, 0.15) is 16.5 Å². The van der Waals surface area contributed by atoms with E-state index in [4.69, 9.17) is 0 Å². The van der Waals surface area contributed by atoms with Crippen molar-refractivity contribution in [2.24, 2.45) is 0 Å². The summed E-state index contributed by atoms with van der Waals surface area (Å²) in [6.45, 7) is 23.0. The molecule has 2 nitrogen and oxygen atoms in total. The first-order chi connectivity index (χ1) is 8.55. The third kappa shape index (κ3) is 16.7. The molecule has 0 radical (unpaired) electrons. The van der Waals surface area contributed by atoms with Crippen molar-refractivity contribution in [2.45, 2.75) is 93.7 Å². The van der Waals surface area contributed by atoms with Crippen LogP contribution < -0.4 is 0 Å². The minimum absolute atomic E-state index is 0. The topological polar surface area (TPSA) is 6.48 Å². The van der Waals surface area contributed by atoms with Crippen molar-refractivity contribution in [3.8, 4) is 0 Å². The molecule has 0 fully saturated rings. The Morgan fingerprint density at radius 2 is 0.864 bits per heavy atom. The van der Waals surface area contributed by atoms with Gasteiger partial charge in [-0.15, -0.1) is 0 Å². The molecule has 0 atom stereocenters. The van der Waals surface area contributed by atoms with E-state index in [0.717, 1.165) is 0 Å². The normalized spacial score (nSPS) is 11.5. The Labute approximate surface area is 147 Å². The van der Waals surface area contributed by atoms with E-state index in [-0.39, 0.29) is 14.9 Å². The number of hydrogen-bond donors (Lipinski definition) is 0. The SMILES string of the molecule is C.C.CCC.CN(C)[Si](C)(C)C.CN(C)[Si](C)(C)C(C)(C)C. The first-order valence-electron chi connectivity index (χ1n) is 7.90. The molecule has 0 unspecified atom stereocenters. The van der Waals surface area contributed by atoms with Crippen LogP contribution in [-0.2, 0) is 0 Å². The smallest absolute Gasteiger partial charge is 0.127 e. The van der Waals surface area contributed by atoms with Crippen LogP contribution in [0.3, 0.4) is 0 Å². The molecule has 0 N–H and O–H groups in total. The lowest BCUT2D eigenvalue weighted by atomic mass is 10.2. The first kappa shape index (κ1) is 33.8. The zero-order valence-electron chi connectivity index (χ0n) is 17.1. The highest BCUT2D eigenvalue weighted by molar-refractivity contribution is 6.77. The van der Waals surface area contributed by atoms with Gasteiger partial charge in [-0.2, -0.15) is 0 Å². The molecule has 0 aliphatic rings. The summed E-state index contributed by atoms with van der Waals surface area (Å²) in [5.41, 5.74) is 0. The van der Waals surface area contributed by atoms with Crippen molar-refractivity contribution in [1.82, 2.24) is 9.13 Å². The molecule has 0 amide bonds. The molecule has 0 aromatic rings. The third-order valence-corrected chi connectivity index (χ3v) is 12.9. The van der Waals surface area contributed by atoms with E-state index in [9.17, 15) is 0 Å². The lowest BCUT2D eigenvalue weighted by Crippen LogP contribution is -2.50. The highest BCUT2D eigenvalue weighted by Gasteiger charge is 2.37. The standard InChI is InChI=1S/C8H21NSi.C5H15NSi.C3H8.2CH4/c1-8(2,3)10(6,7)9(4)5;1-6(2)7(3,4)5;1-3-2;;/h1-7H3;1-5H3;3H2,1-2H3;2*1H4. The van der Waals surface area contributed by atoms with Gasteiger partial charge in [0.05, 0.1) is 0 Å². The second-order valence-corrected chi connectivity index (χ2v) is 19.2. The Morgan fingerprint density at radius 1 is 0.682 bits per heavy atom. The van der Waals surface area contributed by atoms with Crippen molar-refractivity contribution < 1.29 is 0 Å². The molecular weight excluding hydrogens is 300 g/mol. The van der Waals surface area contributed by atoms with E-state index in [1.54, 1.807) is 0 Å². The molecule has 0 heterocycles. The van der Waals surface area contributed by atoms with Crippen molar-refractivity contribution in [3.05, 3.63) is 0 Å². The molecule has 0 aliphatic carbocycles. The second-order valence-electron chi connectivity index (χ2n) is 8.48. The minimum Gasteiger partial charge on any atom is -0.329 e. The number of hydrogen-bond acceptors (Lipinski definition) is 2. The molecule has 0 spiro atoms. The molecule has 0 rings (SSSR count). The van der Waals surface area contributed by atoms with Crippen LogP contribution in [0.15, 0.2) is 0 Å². The van der Waals surface area contributed by atoms with Crippen molar-refractivity contribution in [3.63, 3.8) is 0 Å². The van der Waals surface area contributed by atoms with E-state index >= 15 is 0 Å². The molecule has 0 bridgehead atoms. The Hall–Kier alpha value is 0.354. The highest BCUT2D eigenvalue weighted by Crippen LogP contribution is 2.36. The summed E-state index contributed by atoms with van der Waals surface area (Å²) < 4.78 is 4.74. The number of nitrogens with zero attached hydrogens (tertiary/aromatic N) is 2. The fourth-order valence-corrected chi connectivity index (χ4v) is 2.01. The molecule has 0 aliphatic heterocycles. The van der Waals surface area contributed by atoms with E-state index < -0.39 is 16.5 Å². The van der Waals surface area contributed by atoms with Crippen molar-refractivity contribution in [1.29, 1.82) is 0 Å². The monoisotopic (exact) mass is 352 g/mol. The summed E-state index contributed by atoms with van der Waals surface area (Å²) in [7, 11) is 6.62. The van der Waals surface area contributed by atoms with Gasteiger partial charge in [0.2, 0.25) is 0 Å². The van der Waals surface area contributed by atoms with Gasteiger partial charge < -0.3 is 9.13 Å². The maximum atomic E-state index is 2.41. The zero-order chi connectivity index (χ0) is 17.4. The summed E-state index contributed by atoms with van der Waals surface area (Å²) >= 11 is 0. The highest BCUT2D eigenvalue weighted by atomic mass is 28.3. The Kier molecular flexibility index (Phi) is 21.2. The average molecular weight is 353 g/mol. The van der Waals surface area contributed by atoms with Crippen molar-refractivity contribution in [2.75, 3.05) is 28.2 Å². The van der Waals surface area contributed by atoms with Gasteiger partial charge in [0, 0.05) is 0 Å². The van der Waals surface area contributed by atoms with E-state index in [2.05, 4.69) is 105 Å². The summed E-state index contributed by atoms with van der Waals surface area (Å²) in [5, 5.41) is 0.483. The number of rotatable bonds is 2. The molecule has 0 aromatic heterocycles. The summed E-state index contributed by atoms with van der Waals surface area (Å²) in [6.07, 6.45) is 1.25. The molecule has 22 heavy (non-hydrogen) atoms. The molecular formula is C18H52N2Si2. The van der Waals surface area contributed by atoms with Crippen LogP contribution in [0.4, 0.5) is 0 Å². The average Bonchev–Trinajstić information content (AvgIpc) is 2.15. The molecule has 0 saturated heterocycles. The molecule has 0 saturated carbocycles. The fourth-order valence-electron chi connectivity index (χ4n) is 0.671. The van der Waals surface area contributed by atoms with Crippen LogP contribution in [0.2, 0.25) is 37.8 Å². The Bertz CT molecular complexity index is 224. The fraction of sp³-hybridized carbons (Fsp3) is 1.00. The van der Waals surface area contributed by atoms with E-state index in [1.165, 1.54) is 6.42 Å². The van der Waals surface area contributed by atoms with E-state index in [0.29, 0.717) is 5.04 Å². The van der Waals surface area contributed by atoms with Crippen LogP contribution in [0.5, 0.6) is 0 Å². The van der Waals surface area contributed by atoms with E-state index in [1.807, 2.05) is 0 Å². The largest absolute Gasteiger partial charge is 0.329 e. The van der Waals surface area contributed by atoms with Crippen LogP contribution in [0, 0.1) is 0 Å². The predicted molar refractivity (Wildman–Crippen MR) is 117 cm³/mol. The Balaban J connectivity index is -0.0000000711. The van der Waals surface area contributed by atoms with Gasteiger partial charge in [-0.25, -0.2) is 0 Å². The lowest BCUT2D eigenvalue weighted by Gasteiger charge is -2.42. The molecule has 4 heteroatoms. The van der Waals surface area contributed by atoms with Gasteiger partial charge in [-0.05, 0) is 33.2 Å². The van der Waals surface area contributed by atoms with Gasteiger partial charge in [-0.1, -0.05) is 88.6 Å². The summed E-state index contributed by atoms with van der Waals surface area (Å²) in [4.78, 5) is 0. The summed E-state index contributed by atoms with van der Waals surface area (Å²) in [6, 6.07) is 0. The van der Waals surface area contributed by atoms with Crippen LogP contribution in [-0.4, -0.2) is 53.8 Å². The van der Waals surface area contributed by atoms with Gasteiger partial charge in [0.25, 0.3) is 0 Å². The lowest BCUT2D eigenvalue weighted by molar-refractivity contribution is 0.551. The first-order valence-corrected chi connectivity index (χ1v) is 14.3. The van der Waals surface area contributed by atoms with Crippen LogP contribution in [0.1, 0.15) is 55.9 Å². The van der Waals surface area contributed by atoms with Crippen molar-refractivity contribution >= 4 is 16.5 Å². The minimum atomic E-state index is -1.15. The maximum absolute atomic E-state index is 2.41. The van der Waals surface area contributed by atoms with Gasteiger partial charge in [0.15, 0.2) is 0 Å². The zero-order valence-corrected chi connectivity index (χ0v) is 19.1. The second kappa shape index (κ2) is 13.8. The van der Waals surface area contributed by atoms with Gasteiger partial charge in [-0.3, -0.25) is 0 Å². The molecule has 142 valence electrons. The van der Waals surface area contributed by atoms with Gasteiger partial charge >= 0.3 is 0 Å². The van der Waals surface area contributed by atoms with Crippen LogP contribution >= 0.6 is 0 Å². The molecule has 0 aromatic carbocycles. The summed E-state index contributed by atoms with van der Waals surface area (Å²) in [5.74, 6) is 0. The van der Waals surface area contributed by atoms with Crippen LogP contribution in [0.25, 0.3) is 0 Å². The Morgan fingerprint density at radius 3 is 0.864 bits per heavy atom.